The van der Waals surface area contributed by atoms with Gasteiger partial charge in [-0.05, 0) is 52.3 Å². The van der Waals surface area contributed by atoms with E-state index in [1.54, 1.807) is 50.2 Å². The van der Waals surface area contributed by atoms with Crippen molar-refractivity contribution in [2.75, 3.05) is 19.8 Å². The molecule has 1 heterocycles. The largest absolute Gasteiger partial charge is 0.504 e. The lowest BCUT2D eigenvalue weighted by Crippen LogP contribution is -2.32. The first-order chi connectivity index (χ1) is 13.8. The standard InChI is InChI=1S/C22H29NO6/c1-6-27-19-11-15(9-10-18(19)24)20-16(21(25)28-7-2)12-23(14(4)5)13-17(20)22(26)29-8-3/h9-14,20,24H,6-8H2,1-5H3. The summed E-state index contributed by atoms with van der Waals surface area (Å²) in [7, 11) is 0. The van der Waals surface area contributed by atoms with E-state index in [-0.39, 0.29) is 30.8 Å². The summed E-state index contributed by atoms with van der Waals surface area (Å²) in [5, 5.41) is 10.1. The summed E-state index contributed by atoms with van der Waals surface area (Å²) in [6.07, 6.45) is 3.40. The highest BCUT2D eigenvalue weighted by atomic mass is 16.5. The molecule has 0 amide bonds. The van der Waals surface area contributed by atoms with Crippen LogP contribution in [-0.2, 0) is 19.1 Å². The molecule has 0 fully saturated rings. The summed E-state index contributed by atoms with van der Waals surface area (Å²) in [5.74, 6) is -1.46. The second-order valence-electron chi connectivity index (χ2n) is 6.74. The van der Waals surface area contributed by atoms with Crippen LogP contribution in [0.25, 0.3) is 0 Å². The summed E-state index contributed by atoms with van der Waals surface area (Å²) < 4.78 is 16.0. The van der Waals surface area contributed by atoms with Crippen LogP contribution in [0.3, 0.4) is 0 Å². The predicted molar refractivity (Wildman–Crippen MR) is 108 cm³/mol. The molecule has 0 atom stereocenters. The van der Waals surface area contributed by atoms with Crippen LogP contribution < -0.4 is 4.74 Å². The van der Waals surface area contributed by atoms with Crippen molar-refractivity contribution in [3.8, 4) is 11.5 Å². The zero-order valence-corrected chi connectivity index (χ0v) is 17.6. The highest BCUT2D eigenvalue weighted by molar-refractivity contribution is 5.98. The molecule has 0 saturated heterocycles. The Morgan fingerprint density at radius 3 is 2.00 bits per heavy atom. The number of carbonyl (C=O) groups is 2. The van der Waals surface area contributed by atoms with E-state index in [4.69, 9.17) is 14.2 Å². The Kier molecular flexibility index (Phi) is 7.70. The number of hydrogen-bond acceptors (Lipinski definition) is 7. The average Bonchev–Trinajstić information content (AvgIpc) is 2.69. The number of benzene rings is 1. The summed E-state index contributed by atoms with van der Waals surface area (Å²) in [6.45, 7) is 9.95. The number of esters is 2. The van der Waals surface area contributed by atoms with Crippen molar-refractivity contribution in [3.63, 3.8) is 0 Å². The number of phenols is 1. The third-order valence-electron chi connectivity index (χ3n) is 4.43. The molecule has 29 heavy (non-hydrogen) atoms. The van der Waals surface area contributed by atoms with Gasteiger partial charge in [0.1, 0.15) is 0 Å². The summed E-state index contributed by atoms with van der Waals surface area (Å²) in [6, 6.07) is 4.80. The van der Waals surface area contributed by atoms with Gasteiger partial charge in [-0.2, -0.15) is 0 Å². The second-order valence-corrected chi connectivity index (χ2v) is 6.74. The maximum absolute atomic E-state index is 12.8. The molecule has 7 nitrogen and oxygen atoms in total. The zero-order chi connectivity index (χ0) is 21.6. The van der Waals surface area contributed by atoms with Gasteiger partial charge in [0.15, 0.2) is 11.5 Å². The molecule has 2 rings (SSSR count). The Hall–Kier alpha value is -2.96. The van der Waals surface area contributed by atoms with Gasteiger partial charge in [-0.15, -0.1) is 0 Å². The number of rotatable bonds is 8. The maximum atomic E-state index is 12.8. The van der Waals surface area contributed by atoms with Crippen molar-refractivity contribution < 1.29 is 28.9 Å². The summed E-state index contributed by atoms with van der Waals surface area (Å²) in [4.78, 5) is 27.3. The fourth-order valence-corrected chi connectivity index (χ4v) is 3.08. The maximum Gasteiger partial charge on any atom is 0.336 e. The molecule has 1 aliphatic rings. The van der Waals surface area contributed by atoms with Crippen LogP contribution in [0.2, 0.25) is 0 Å². The third kappa shape index (κ3) is 5.10. The van der Waals surface area contributed by atoms with Crippen LogP contribution in [0.4, 0.5) is 0 Å². The Labute approximate surface area is 171 Å². The van der Waals surface area contributed by atoms with Gasteiger partial charge in [0, 0.05) is 18.4 Å². The van der Waals surface area contributed by atoms with E-state index in [2.05, 4.69) is 0 Å². The molecule has 0 radical (unpaired) electrons. The van der Waals surface area contributed by atoms with Crippen LogP contribution in [0.5, 0.6) is 11.5 Å². The quantitative estimate of drug-likeness (QED) is 0.665. The van der Waals surface area contributed by atoms with Crippen LogP contribution >= 0.6 is 0 Å². The van der Waals surface area contributed by atoms with Gasteiger partial charge in [-0.3, -0.25) is 0 Å². The van der Waals surface area contributed by atoms with Gasteiger partial charge in [0.2, 0.25) is 0 Å². The molecule has 0 spiro atoms. The fraction of sp³-hybridized carbons (Fsp3) is 0.455. The van der Waals surface area contributed by atoms with Gasteiger partial charge >= 0.3 is 11.9 Å². The van der Waals surface area contributed by atoms with Gasteiger partial charge < -0.3 is 24.2 Å². The Morgan fingerprint density at radius 2 is 1.55 bits per heavy atom. The topological polar surface area (TPSA) is 85.3 Å². The monoisotopic (exact) mass is 403 g/mol. The smallest absolute Gasteiger partial charge is 0.336 e. The van der Waals surface area contributed by atoms with Crippen LogP contribution in [-0.4, -0.2) is 47.8 Å². The lowest BCUT2D eigenvalue weighted by Gasteiger charge is -2.32. The third-order valence-corrected chi connectivity index (χ3v) is 4.43. The van der Waals surface area contributed by atoms with Crippen molar-refractivity contribution in [1.82, 2.24) is 4.90 Å². The fourth-order valence-electron chi connectivity index (χ4n) is 3.08. The Bertz CT molecular complexity index is 776. The number of hydrogen-bond donors (Lipinski definition) is 1. The summed E-state index contributed by atoms with van der Waals surface area (Å²) in [5.41, 5.74) is 1.26. The molecule has 1 N–H and O–H groups in total. The molecule has 7 heteroatoms. The van der Waals surface area contributed by atoms with Crippen molar-refractivity contribution in [2.24, 2.45) is 0 Å². The molecule has 0 saturated carbocycles. The highest BCUT2D eigenvalue weighted by Gasteiger charge is 2.36. The van der Waals surface area contributed by atoms with Gasteiger partial charge in [0.25, 0.3) is 0 Å². The summed E-state index contributed by atoms with van der Waals surface area (Å²) >= 11 is 0. The normalized spacial score (nSPS) is 14.3. The van der Waals surface area contributed by atoms with E-state index in [1.807, 2.05) is 13.8 Å². The number of phenolic OH excluding ortho intramolecular Hbond substituents is 1. The molecular weight excluding hydrogens is 374 g/mol. The average molecular weight is 403 g/mol. The van der Waals surface area contributed by atoms with E-state index in [0.717, 1.165) is 0 Å². The molecule has 1 aromatic rings. The van der Waals surface area contributed by atoms with Crippen LogP contribution in [0.15, 0.2) is 41.7 Å². The van der Waals surface area contributed by atoms with E-state index in [1.165, 1.54) is 6.07 Å². The zero-order valence-electron chi connectivity index (χ0n) is 17.6. The molecule has 0 aromatic heterocycles. The van der Waals surface area contributed by atoms with Crippen LogP contribution in [0.1, 0.15) is 46.1 Å². The predicted octanol–water partition coefficient (Wildman–Crippen LogP) is 3.49. The minimum Gasteiger partial charge on any atom is -0.504 e. The second kappa shape index (κ2) is 10.0. The van der Waals surface area contributed by atoms with Gasteiger partial charge in [-0.1, -0.05) is 6.07 Å². The number of ether oxygens (including phenoxy) is 3. The first-order valence-corrected chi connectivity index (χ1v) is 9.84. The molecule has 1 aliphatic heterocycles. The molecule has 1 aromatic carbocycles. The van der Waals surface area contributed by atoms with Crippen molar-refractivity contribution in [3.05, 3.63) is 47.3 Å². The van der Waals surface area contributed by atoms with Crippen molar-refractivity contribution >= 4 is 11.9 Å². The minimum absolute atomic E-state index is 0.0152. The molecule has 158 valence electrons. The van der Waals surface area contributed by atoms with E-state index >= 15 is 0 Å². The first-order valence-electron chi connectivity index (χ1n) is 9.84. The van der Waals surface area contributed by atoms with Gasteiger partial charge in [0.05, 0.1) is 36.9 Å². The first kappa shape index (κ1) is 22.3. The number of nitrogens with zero attached hydrogens (tertiary/aromatic N) is 1. The van der Waals surface area contributed by atoms with Crippen LogP contribution in [0, 0.1) is 0 Å². The van der Waals surface area contributed by atoms with E-state index in [0.29, 0.717) is 23.3 Å². The lowest BCUT2D eigenvalue weighted by atomic mass is 9.83. The Morgan fingerprint density at radius 1 is 1.00 bits per heavy atom. The molecule has 0 unspecified atom stereocenters. The number of aromatic hydroxyl groups is 1. The van der Waals surface area contributed by atoms with Crippen molar-refractivity contribution in [1.29, 1.82) is 0 Å². The molecule has 0 bridgehead atoms. The minimum atomic E-state index is -0.706. The SMILES string of the molecule is CCOC(=O)C1=CN(C(C)C)C=C(C(=O)OCC)C1c1ccc(O)c(OCC)c1. The van der Waals surface area contributed by atoms with Crippen molar-refractivity contribution in [2.45, 2.75) is 46.6 Å². The Balaban J connectivity index is 2.64. The number of carbonyl (C=O) groups excluding carboxylic acids is 2. The highest BCUT2D eigenvalue weighted by Crippen LogP contribution is 2.40. The van der Waals surface area contributed by atoms with E-state index in [9.17, 15) is 14.7 Å². The molecule has 0 aliphatic carbocycles. The van der Waals surface area contributed by atoms with Gasteiger partial charge in [-0.25, -0.2) is 9.59 Å². The lowest BCUT2D eigenvalue weighted by molar-refractivity contribution is -0.139. The molecular formula is C22H29NO6. The van der Waals surface area contributed by atoms with E-state index < -0.39 is 17.9 Å².